The van der Waals surface area contributed by atoms with Crippen molar-refractivity contribution in [3.8, 4) is 29.0 Å². The van der Waals surface area contributed by atoms with Gasteiger partial charge >= 0.3 is 6.09 Å². The Balaban J connectivity index is 1.59. The molecule has 12 nitrogen and oxygen atoms in total. The predicted octanol–water partition coefficient (Wildman–Crippen LogP) is 6.25. The Bertz CT molecular complexity index is 1670. The molecule has 0 aliphatic carbocycles. The van der Waals surface area contributed by atoms with Gasteiger partial charge in [0.15, 0.2) is 17.7 Å². The summed E-state index contributed by atoms with van der Waals surface area (Å²) in [5, 5.41) is 26.8. The summed E-state index contributed by atoms with van der Waals surface area (Å²) in [7, 11) is -1.27. The number of amides is 1. The zero-order valence-corrected chi connectivity index (χ0v) is 31.7. The summed E-state index contributed by atoms with van der Waals surface area (Å²) in [6.45, 7) is 15.4. The number of aryl methyl sites for hydroxylation is 1. The number of aliphatic hydroxyl groups is 1. The molecular weight excluding hydrogens is 673 g/mol. The number of benzene rings is 2. The second-order valence-electron chi connectivity index (χ2n) is 14.5. The maximum atomic E-state index is 12.8. The van der Waals surface area contributed by atoms with Crippen LogP contribution in [0.25, 0.3) is 11.3 Å². The molecule has 2 atom stereocenters. The van der Waals surface area contributed by atoms with E-state index in [2.05, 4.69) is 41.3 Å². The van der Waals surface area contributed by atoms with Crippen molar-refractivity contribution in [2.24, 2.45) is 0 Å². The second-order valence-corrected chi connectivity index (χ2v) is 20.5. The van der Waals surface area contributed by atoms with Crippen molar-refractivity contribution in [3.63, 3.8) is 0 Å². The van der Waals surface area contributed by atoms with E-state index in [1.807, 2.05) is 37.3 Å². The van der Waals surface area contributed by atoms with Crippen molar-refractivity contribution in [2.75, 3.05) is 31.8 Å². The Kier molecular flexibility index (Phi) is 13.2. The van der Waals surface area contributed by atoms with E-state index in [4.69, 9.17) is 36.1 Å². The lowest BCUT2D eigenvalue weighted by Crippen LogP contribution is -2.55. The molecule has 3 N–H and O–H groups in total. The molecule has 2 aromatic carbocycles. The van der Waals surface area contributed by atoms with E-state index in [-0.39, 0.29) is 49.3 Å². The van der Waals surface area contributed by atoms with Crippen LogP contribution in [0.2, 0.25) is 25.7 Å². The largest absolute Gasteiger partial charge is 0.470 e. The third kappa shape index (κ3) is 11.9. The van der Waals surface area contributed by atoms with Crippen LogP contribution in [0.3, 0.4) is 0 Å². The number of ether oxygens (including phenoxy) is 4. The van der Waals surface area contributed by atoms with Crippen molar-refractivity contribution in [3.05, 3.63) is 65.4 Å². The SMILES string of the molecule is Cc1cc(C#N)cc(OCOCC[Si](C)(C)C)c1-c1cnc(OCc2ccccc2)c(NC(=S)N[C@@H]2C[C@H](O)CN(C(=O)OC(C)(C)C)C2)n1. The number of carbonyl (C=O) groups excluding carboxylic acids is 1. The van der Waals surface area contributed by atoms with Gasteiger partial charge in [-0.05, 0) is 75.6 Å². The molecule has 1 amide bonds. The van der Waals surface area contributed by atoms with Crippen molar-refractivity contribution in [1.82, 2.24) is 20.2 Å². The maximum absolute atomic E-state index is 12.8. The monoisotopic (exact) mass is 720 g/mol. The van der Waals surface area contributed by atoms with Gasteiger partial charge in [0.2, 0.25) is 0 Å². The van der Waals surface area contributed by atoms with Crippen molar-refractivity contribution in [2.45, 2.75) is 84.2 Å². The third-order valence-electron chi connectivity index (χ3n) is 7.58. The van der Waals surface area contributed by atoms with Gasteiger partial charge in [0.25, 0.3) is 5.88 Å². The molecule has 268 valence electrons. The summed E-state index contributed by atoms with van der Waals surface area (Å²) in [6, 6.07) is 15.9. The Morgan fingerprint density at radius 3 is 2.58 bits per heavy atom. The van der Waals surface area contributed by atoms with E-state index in [1.54, 1.807) is 39.1 Å². The molecule has 1 aromatic heterocycles. The summed E-state index contributed by atoms with van der Waals surface area (Å²) in [5.41, 5.74) is 2.58. The normalized spacial score (nSPS) is 16.3. The van der Waals surface area contributed by atoms with Gasteiger partial charge in [-0.2, -0.15) is 5.26 Å². The van der Waals surface area contributed by atoms with Gasteiger partial charge in [0, 0.05) is 32.8 Å². The number of piperidine rings is 1. The van der Waals surface area contributed by atoms with Gasteiger partial charge < -0.3 is 39.6 Å². The van der Waals surface area contributed by atoms with Gasteiger partial charge in [0.1, 0.15) is 18.0 Å². The maximum Gasteiger partial charge on any atom is 0.410 e. The summed E-state index contributed by atoms with van der Waals surface area (Å²) < 4.78 is 23.5. The number of β-amino-alcohol motifs (C(OH)–C–C–N with tert-alkyl or cyclic N) is 1. The number of likely N-dealkylation sites (tertiary alicyclic amines) is 1. The van der Waals surface area contributed by atoms with Crippen molar-refractivity contribution < 1.29 is 28.8 Å². The molecule has 0 unspecified atom stereocenters. The van der Waals surface area contributed by atoms with Gasteiger partial charge in [0.05, 0.1) is 36.2 Å². The number of rotatable bonds is 12. The molecule has 0 bridgehead atoms. The number of aromatic nitrogens is 2. The Hall–Kier alpha value is -4.29. The Morgan fingerprint density at radius 2 is 1.90 bits per heavy atom. The highest BCUT2D eigenvalue weighted by molar-refractivity contribution is 7.80. The van der Waals surface area contributed by atoms with Crippen LogP contribution >= 0.6 is 12.2 Å². The number of anilines is 1. The van der Waals surface area contributed by atoms with E-state index in [9.17, 15) is 15.2 Å². The van der Waals surface area contributed by atoms with Gasteiger partial charge in [-0.1, -0.05) is 50.0 Å². The lowest BCUT2D eigenvalue weighted by atomic mass is 10.0. The molecule has 1 aliphatic heterocycles. The molecule has 3 aromatic rings. The van der Waals surface area contributed by atoms with Crippen LogP contribution in [-0.4, -0.2) is 83.5 Å². The fourth-order valence-electron chi connectivity index (χ4n) is 5.20. The highest BCUT2D eigenvalue weighted by Gasteiger charge is 2.32. The topological polar surface area (TPSA) is 151 Å². The number of thiocarbonyl (C=S) groups is 1. The van der Waals surface area contributed by atoms with E-state index < -0.39 is 25.9 Å². The minimum absolute atomic E-state index is 0.0180. The predicted molar refractivity (Wildman–Crippen MR) is 199 cm³/mol. The number of hydrogen-bond acceptors (Lipinski definition) is 10. The first-order valence-electron chi connectivity index (χ1n) is 16.6. The molecule has 0 spiro atoms. The van der Waals surface area contributed by atoms with Crippen LogP contribution in [0.5, 0.6) is 11.6 Å². The molecular formula is C36H48N6O6SSi. The molecule has 0 saturated carbocycles. The van der Waals surface area contributed by atoms with E-state index in [0.717, 1.165) is 17.2 Å². The standard InChI is InChI=1S/C36H48N6O6SSi/c1-24-15-26(18-37)16-30(47-23-45-13-14-50(5,6)7)31(24)29-19-38-33(46-22-25-11-9-8-10-12-25)32(40-29)41-34(49)39-27-17-28(43)21-42(20-27)35(44)48-36(2,3)4/h8-12,15-16,19,27-28,43H,13-14,17,20-23H2,1-7H3,(H2,39,40,41,49)/t27-,28+/m1/s1. The molecule has 4 rings (SSSR count). The first kappa shape index (κ1) is 38.5. The lowest BCUT2D eigenvalue weighted by molar-refractivity contribution is -0.000875. The molecule has 50 heavy (non-hydrogen) atoms. The van der Waals surface area contributed by atoms with E-state index in [0.29, 0.717) is 35.6 Å². The summed E-state index contributed by atoms with van der Waals surface area (Å²) in [5.74, 6) is 0.897. The molecule has 1 fully saturated rings. The molecule has 2 heterocycles. The molecule has 14 heteroatoms. The van der Waals surface area contributed by atoms with Crippen molar-refractivity contribution >= 4 is 37.3 Å². The summed E-state index contributed by atoms with van der Waals surface area (Å²) in [4.78, 5) is 23.7. The van der Waals surface area contributed by atoms with E-state index >= 15 is 0 Å². The number of hydrogen-bond donors (Lipinski definition) is 3. The average Bonchev–Trinajstić information content (AvgIpc) is 3.02. The average molecular weight is 721 g/mol. The zero-order chi connectivity index (χ0) is 36.5. The van der Waals surface area contributed by atoms with Gasteiger partial charge in [-0.3, -0.25) is 0 Å². The first-order valence-corrected chi connectivity index (χ1v) is 20.7. The smallest absolute Gasteiger partial charge is 0.410 e. The minimum Gasteiger partial charge on any atom is -0.470 e. The fraction of sp³-hybridized carbons (Fsp3) is 0.472. The summed E-state index contributed by atoms with van der Waals surface area (Å²) >= 11 is 5.70. The lowest BCUT2D eigenvalue weighted by Gasteiger charge is -2.37. The molecule has 1 aliphatic rings. The van der Waals surface area contributed by atoms with Crippen LogP contribution < -0.4 is 20.1 Å². The Morgan fingerprint density at radius 1 is 1.16 bits per heavy atom. The first-order chi connectivity index (χ1) is 23.6. The van der Waals surface area contributed by atoms with Crippen LogP contribution in [0.15, 0.2) is 48.7 Å². The third-order valence-corrected chi connectivity index (χ3v) is 9.51. The zero-order valence-electron chi connectivity index (χ0n) is 29.9. The summed E-state index contributed by atoms with van der Waals surface area (Å²) in [6.07, 6.45) is 0.692. The Labute approximate surface area is 301 Å². The van der Waals surface area contributed by atoms with Gasteiger partial charge in [-0.25, -0.2) is 14.8 Å². The number of nitrogens with zero attached hydrogens (tertiary/aromatic N) is 4. The van der Waals surface area contributed by atoms with Crippen LogP contribution in [-0.2, 0) is 16.1 Å². The number of carbonyl (C=O) groups is 1. The van der Waals surface area contributed by atoms with Gasteiger partial charge in [-0.15, -0.1) is 0 Å². The highest BCUT2D eigenvalue weighted by Crippen LogP contribution is 2.35. The fourth-order valence-corrected chi connectivity index (χ4v) is 6.22. The quantitative estimate of drug-likeness (QED) is 0.0840. The number of aliphatic hydroxyl groups excluding tert-OH is 1. The highest BCUT2D eigenvalue weighted by atomic mass is 32.1. The van der Waals surface area contributed by atoms with Crippen LogP contribution in [0.4, 0.5) is 10.6 Å². The molecule has 0 radical (unpaired) electrons. The minimum atomic E-state index is -1.27. The number of nitriles is 1. The second kappa shape index (κ2) is 17.1. The number of nitrogens with one attached hydrogen (secondary N) is 2. The van der Waals surface area contributed by atoms with Crippen molar-refractivity contribution in [1.29, 1.82) is 5.26 Å². The van der Waals surface area contributed by atoms with Crippen LogP contribution in [0, 0.1) is 18.3 Å². The van der Waals surface area contributed by atoms with Crippen LogP contribution in [0.1, 0.15) is 43.9 Å². The van der Waals surface area contributed by atoms with E-state index in [1.165, 1.54) is 4.90 Å². The molecule has 1 saturated heterocycles.